The van der Waals surface area contributed by atoms with Crippen LogP contribution in [0.5, 0.6) is 5.75 Å². The summed E-state index contributed by atoms with van der Waals surface area (Å²) in [4.78, 5) is 0. The number of hydrogen-bond acceptors (Lipinski definition) is 4. The minimum atomic E-state index is -3.19. The van der Waals surface area contributed by atoms with Crippen LogP contribution in [0.25, 0.3) is 0 Å². The fraction of sp³-hybridized carbons (Fsp3) is 0.647. The molecule has 0 unspecified atom stereocenters. The topological polar surface area (TPSA) is 64.6 Å². The predicted molar refractivity (Wildman–Crippen MR) is 89.2 cm³/mol. The van der Waals surface area contributed by atoms with Gasteiger partial charge in [-0.25, -0.2) is 13.1 Å². The van der Waals surface area contributed by atoms with Crippen LogP contribution in [0.2, 0.25) is 0 Å². The molecule has 0 bridgehead atoms. The number of methoxy groups -OCH3 is 1. The maximum atomic E-state index is 12.2. The molecule has 6 heteroatoms. The average Bonchev–Trinajstić information content (AvgIpc) is 3.37. The van der Waals surface area contributed by atoms with Gasteiger partial charge in [0.05, 0.1) is 12.9 Å². The van der Waals surface area contributed by atoms with Crippen LogP contribution in [0.4, 0.5) is 0 Å². The van der Waals surface area contributed by atoms with Crippen LogP contribution >= 0.6 is 0 Å². The van der Waals surface area contributed by atoms with Crippen molar-refractivity contribution in [3.8, 4) is 5.75 Å². The van der Waals surface area contributed by atoms with Crippen molar-refractivity contribution in [3.05, 3.63) is 29.8 Å². The third-order valence-electron chi connectivity index (χ3n) is 4.93. The van der Waals surface area contributed by atoms with E-state index >= 15 is 0 Å². The van der Waals surface area contributed by atoms with Crippen LogP contribution in [0.1, 0.15) is 31.2 Å². The summed E-state index contributed by atoms with van der Waals surface area (Å²) in [5.74, 6) is 1.44. The molecule has 0 amide bonds. The Kier molecular flexibility index (Phi) is 4.94. The van der Waals surface area contributed by atoms with Crippen LogP contribution in [0.3, 0.4) is 0 Å². The normalized spacial score (nSPS) is 21.1. The SMILES string of the molecule is COc1ccc(C2(CNS(=O)(=O)CC3CC3)CCOCC2)cc1. The lowest BCUT2D eigenvalue weighted by Crippen LogP contribution is -2.45. The quantitative estimate of drug-likeness (QED) is 0.826. The zero-order chi connectivity index (χ0) is 16.3. The van der Waals surface area contributed by atoms with E-state index in [4.69, 9.17) is 9.47 Å². The van der Waals surface area contributed by atoms with Gasteiger partial charge in [-0.3, -0.25) is 0 Å². The molecule has 5 nitrogen and oxygen atoms in total. The van der Waals surface area contributed by atoms with E-state index < -0.39 is 10.0 Å². The summed E-state index contributed by atoms with van der Waals surface area (Å²) >= 11 is 0. The molecule has 0 spiro atoms. The second kappa shape index (κ2) is 6.79. The van der Waals surface area contributed by atoms with Gasteiger partial charge < -0.3 is 9.47 Å². The van der Waals surface area contributed by atoms with Crippen LogP contribution in [0.15, 0.2) is 24.3 Å². The van der Waals surface area contributed by atoms with E-state index in [0.717, 1.165) is 37.0 Å². The summed E-state index contributed by atoms with van der Waals surface area (Å²) in [5.41, 5.74) is 0.956. The Balaban J connectivity index is 1.75. The van der Waals surface area contributed by atoms with Gasteiger partial charge in [0, 0.05) is 25.2 Å². The summed E-state index contributed by atoms with van der Waals surface area (Å²) in [5, 5.41) is 0. The second-order valence-electron chi connectivity index (χ2n) is 6.67. The third kappa shape index (κ3) is 4.25. The molecule has 128 valence electrons. The van der Waals surface area contributed by atoms with E-state index in [2.05, 4.69) is 4.72 Å². The Bertz CT molecular complexity index is 616. The molecule has 1 aliphatic heterocycles. The molecule has 2 aliphatic rings. The van der Waals surface area contributed by atoms with Gasteiger partial charge in [0.25, 0.3) is 0 Å². The molecule has 1 saturated carbocycles. The van der Waals surface area contributed by atoms with Crippen molar-refractivity contribution in [2.75, 3.05) is 32.6 Å². The van der Waals surface area contributed by atoms with Crippen molar-refractivity contribution in [1.82, 2.24) is 4.72 Å². The molecule has 1 heterocycles. The minimum Gasteiger partial charge on any atom is -0.497 e. The molecule has 1 aromatic rings. The molecule has 1 aliphatic carbocycles. The van der Waals surface area contributed by atoms with Crippen molar-refractivity contribution < 1.29 is 17.9 Å². The van der Waals surface area contributed by atoms with Crippen LogP contribution < -0.4 is 9.46 Å². The van der Waals surface area contributed by atoms with Crippen molar-refractivity contribution in [2.24, 2.45) is 5.92 Å². The van der Waals surface area contributed by atoms with Crippen molar-refractivity contribution in [2.45, 2.75) is 31.1 Å². The molecule has 1 aromatic carbocycles. The maximum Gasteiger partial charge on any atom is 0.211 e. The first kappa shape index (κ1) is 16.7. The lowest BCUT2D eigenvalue weighted by molar-refractivity contribution is 0.0517. The summed E-state index contributed by atoms with van der Waals surface area (Å²) in [6, 6.07) is 7.95. The molecule has 1 N–H and O–H groups in total. The zero-order valence-electron chi connectivity index (χ0n) is 13.6. The fourth-order valence-corrected chi connectivity index (χ4v) is 4.74. The van der Waals surface area contributed by atoms with Gasteiger partial charge >= 0.3 is 0 Å². The summed E-state index contributed by atoms with van der Waals surface area (Å²) < 4.78 is 38.0. The van der Waals surface area contributed by atoms with E-state index in [0.29, 0.717) is 25.7 Å². The fourth-order valence-electron chi connectivity index (χ4n) is 3.18. The lowest BCUT2D eigenvalue weighted by atomic mass is 9.74. The molecule has 2 fully saturated rings. The summed E-state index contributed by atoms with van der Waals surface area (Å²) in [7, 11) is -1.55. The van der Waals surface area contributed by atoms with Gasteiger partial charge in [-0.15, -0.1) is 0 Å². The van der Waals surface area contributed by atoms with E-state index in [-0.39, 0.29) is 11.2 Å². The van der Waals surface area contributed by atoms with E-state index in [9.17, 15) is 8.42 Å². The molecular formula is C17H25NO4S. The number of sulfonamides is 1. The van der Waals surface area contributed by atoms with Crippen molar-refractivity contribution in [3.63, 3.8) is 0 Å². The van der Waals surface area contributed by atoms with Gasteiger partial charge in [0.15, 0.2) is 0 Å². The first-order valence-electron chi connectivity index (χ1n) is 8.23. The summed E-state index contributed by atoms with van der Waals surface area (Å²) in [6.45, 7) is 1.77. The minimum absolute atomic E-state index is 0.193. The third-order valence-corrected chi connectivity index (χ3v) is 6.43. The number of ether oxygens (including phenoxy) is 2. The van der Waals surface area contributed by atoms with Crippen molar-refractivity contribution in [1.29, 1.82) is 0 Å². The van der Waals surface area contributed by atoms with E-state index in [1.165, 1.54) is 0 Å². The van der Waals surface area contributed by atoms with E-state index in [1.807, 2.05) is 24.3 Å². The van der Waals surface area contributed by atoms with Gasteiger partial charge in [-0.1, -0.05) is 12.1 Å². The predicted octanol–water partition coefficient (Wildman–Crippen LogP) is 2.07. The van der Waals surface area contributed by atoms with E-state index in [1.54, 1.807) is 7.11 Å². The number of nitrogens with one attached hydrogen (secondary N) is 1. The largest absolute Gasteiger partial charge is 0.497 e. The summed E-state index contributed by atoms with van der Waals surface area (Å²) in [6.07, 6.45) is 3.73. The van der Waals surface area contributed by atoms with Gasteiger partial charge in [0.2, 0.25) is 10.0 Å². The average molecular weight is 339 g/mol. The van der Waals surface area contributed by atoms with Crippen LogP contribution in [0, 0.1) is 5.92 Å². The molecule has 3 rings (SSSR count). The number of hydrogen-bond donors (Lipinski definition) is 1. The lowest BCUT2D eigenvalue weighted by Gasteiger charge is -2.38. The molecule has 23 heavy (non-hydrogen) atoms. The first-order valence-corrected chi connectivity index (χ1v) is 9.88. The molecule has 1 saturated heterocycles. The molecule has 0 atom stereocenters. The van der Waals surface area contributed by atoms with Gasteiger partial charge in [-0.05, 0) is 49.3 Å². The molecule has 0 aromatic heterocycles. The Morgan fingerprint density at radius 2 is 1.87 bits per heavy atom. The number of rotatable bonds is 7. The highest BCUT2D eigenvalue weighted by molar-refractivity contribution is 7.89. The highest BCUT2D eigenvalue weighted by Gasteiger charge is 2.36. The van der Waals surface area contributed by atoms with Crippen molar-refractivity contribution >= 4 is 10.0 Å². The van der Waals surface area contributed by atoms with Crippen LogP contribution in [-0.4, -0.2) is 41.0 Å². The molecule has 0 radical (unpaired) electrons. The maximum absolute atomic E-state index is 12.2. The smallest absolute Gasteiger partial charge is 0.211 e. The van der Waals surface area contributed by atoms with Gasteiger partial charge in [0.1, 0.15) is 5.75 Å². The van der Waals surface area contributed by atoms with Crippen LogP contribution in [-0.2, 0) is 20.2 Å². The Hall–Kier alpha value is -1.11. The Morgan fingerprint density at radius 1 is 1.22 bits per heavy atom. The monoisotopic (exact) mass is 339 g/mol. The van der Waals surface area contributed by atoms with Gasteiger partial charge in [-0.2, -0.15) is 0 Å². The Labute approximate surface area is 138 Å². The Morgan fingerprint density at radius 3 is 2.43 bits per heavy atom. The second-order valence-corrected chi connectivity index (χ2v) is 8.52. The number of benzene rings is 1. The first-order chi connectivity index (χ1) is 11.0. The highest BCUT2D eigenvalue weighted by Crippen LogP contribution is 2.36. The standard InChI is InChI=1S/C17H25NO4S/c1-21-16-6-4-15(5-7-16)17(8-10-22-11-9-17)13-18-23(19,20)12-14-2-3-14/h4-7,14,18H,2-3,8-13H2,1H3. The highest BCUT2D eigenvalue weighted by atomic mass is 32.2. The molecular weight excluding hydrogens is 314 g/mol. The zero-order valence-corrected chi connectivity index (χ0v) is 14.4.